The summed E-state index contributed by atoms with van der Waals surface area (Å²) < 4.78 is 15.8. The van der Waals surface area contributed by atoms with E-state index in [4.69, 9.17) is 0 Å². The first-order valence-corrected chi connectivity index (χ1v) is 8.76. The van der Waals surface area contributed by atoms with Crippen molar-refractivity contribution < 1.29 is 9.18 Å². The summed E-state index contributed by atoms with van der Waals surface area (Å²) in [6, 6.07) is 6.55. The Labute approximate surface area is 145 Å². The number of hydrogen-bond acceptors (Lipinski definition) is 3. The van der Waals surface area contributed by atoms with Crippen molar-refractivity contribution in [1.82, 2.24) is 20.4 Å². The fourth-order valence-electron chi connectivity index (χ4n) is 3.55. The van der Waals surface area contributed by atoms with Gasteiger partial charge in [0, 0.05) is 24.3 Å². The Bertz CT molecular complexity index is 840. The van der Waals surface area contributed by atoms with Gasteiger partial charge in [0.2, 0.25) is 0 Å². The third kappa shape index (κ3) is 3.09. The van der Waals surface area contributed by atoms with E-state index in [1.54, 1.807) is 22.9 Å². The molecule has 0 fully saturated rings. The lowest BCUT2D eigenvalue weighted by Gasteiger charge is -2.14. The minimum Gasteiger partial charge on any atom is -0.347 e. The molecular weight excluding hydrogens is 319 g/mol. The average molecular weight is 340 g/mol. The van der Waals surface area contributed by atoms with E-state index >= 15 is 0 Å². The molecule has 6 heteroatoms. The molecule has 0 spiro atoms. The number of amides is 1. The van der Waals surface area contributed by atoms with Gasteiger partial charge in [0.25, 0.3) is 5.91 Å². The van der Waals surface area contributed by atoms with E-state index in [1.807, 2.05) is 0 Å². The summed E-state index contributed by atoms with van der Waals surface area (Å²) in [6.07, 6.45) is 5.67. The van der Waals surface area contributed by atoms with Gasteiger partial charge >= 0.3 is 0 Å². The molecule has 0 radical (unpaired) electrons. The molecule has 0 saturated heterocycles. The van der Waals surface area contributed by atoms with Gasteiger partial charge in [0.1, 0.15) is 11.5 Å². The highest BCUT2D eigenvalue weighted by Gasteiger charge is 2.27. The molecule has 1 amide bonds. The number of aromatic nitrogens is 2. The van der Waals surface area contributed by atoms with Gasteiger partial charge in [0.15, 0.2) is 5.69 Å². The summed E-state index contributed by atoms with van der Waals surface area (Å²) in [5.41, 5.74) is 3.99. The molecule has 0 bridgehead atoms. The van der Waals surface area contributed by atoms with Crippen molar-refractivity contribution in [2.75, 3.05) is 19.6 Å². The fourth-order valence-corrected chi connectivity index (χ4v) is 3.55. The van der Waals surface area contributed by atoms with Gasteiger partial charge in [-0.2, -0.15) is 5.10 Å². The van der Waals surface area contributed by atoms with Gasteiger partial charge in [-0.1, -0.05) is 23.8 Å². The number of rotatable bonds is 4. The molecule has 0 atom stereocenters. The molecule has 1 aliphatic heterocycles. The van der Waals surface area contributed by atoms with Crippen LogP contribution in [-0.2, 0) is 12.8 Å². The highest BCUT2D eigenvalue weighted by atomic mass is 19.1. The second-order valence-electron chi connectivity index (χ2n) is 6.49. The van der Waals surface area contributed by atoms with Crippen LogP contribution in [0.15, 0.2) is 35.9 Å². The standard InChI is InChI=1S/C19H21FN4O/c20-15-5-1-2-6-17(15)24-16-7-3-4-14(16)18(23-24)19(25)22-12-13-8-10-21-11-9-13/h1-2,5-6,8,21H,3-4,7,9-12H2,(H,22,25). The second kappa shape index (κ2) is 6.80. The largest absolute Gasteiger partial charge is 0.347 e. The highest BCUT2D eigenvalue weighted by Crippen LogP contribution is 2.28. The van der Waals surface area contributed by atoms with Crippen molar-refractivity contribution in [3.05, 3.63) is 58.7 Å². The number of hydrogen-bond donors (Lipinski definition) is 2. The van der Waals surface area contributed by atoms with Crippen LogP contribution in [-0.4, -0.2) is 35.3 Å². The fraction of sp³-hybridized carbons (Fsp3) is 0.368. The SMILES string of the molecule is O=C(NCC1=CCNCC1)c1nn(-c2ccccc2F)c2c1CCC2. The average Bonchev–Trinajstić information content (AvgIpc) is 3.24. The second-order valence-corrected chi connectivity index (χ2v) is 6.49. The number of halogens is 1. The number of carbonyl (C=O) groups excluding carboxylic acids is 1. The van der Waals surface area contributed by atoms with Crippen molar-refractivity contribution in [2.45, 2.75) is 25.7 Å². The predicted molar refractivity (Wildman–Crippen MR) is 93.4 cm³/mol. The number of benzene rings is 1. The summed E-state index contributed by atoms with van der Waals surface area (Å²) in [6.45, 7) is 2.34. The zero-order valence-corrected chi connectivity index (χ0v) is 14.0. The van der Waals surface area contributed by atoms with Crippen LogP contribution in [0.3, 0.4) is 0 Å². The first kappa shape index (κ1) is 16.0. The van der Waals surface area contributed by atoms with E-state index < -0.39 is 0 Å². The molecular formula is C19H21FN4O. The molecule has 4 rings (SSSR count). The van der Waals surface area contributed by atoms with Gasteiger partial charge in [-0.3, -0.25) is 4.79 Å². The van der Waals surface area contributed by atoms with E-state index in [2.05, 4.69) is 21.8 Å². The lowest BCUT2D eigenvalue weighted by molar-refractivity contribution is 0.0950. The van der Waals surface area contributed by atoms with E-state index in [9.17, 15) is 9.18 Å². The summed E-state index contributed by atoms with van der Waals surface area (Å²) in [5.74, 6) is -0.501. The van der Waals surface area contributed by atoms with Crippen LogP contribution < -0.4 is 10.6 Å². The van der Waals surface area contributed by atoms with Crippen LogP contribution in [0, 0.1) is 5.82 Å². The maximum Gasteiger partial charge on any atom is 0.272 e. The van der Waals surface area contributed by atoms with E-state index in [0.717, 1.165) is 50.0 Å². The quantitative estimate of drug-likeness (QED) is 0.839. The van der Waals surface area contributed by atoms with Crippen LogP contribution in [0.5, 0.6) is 0 Å². The maximum absolute atomic E-state index is 14.2. The van der Waals surface area contributed by atoms with Crippen LogP contribution in [0.2, 0.25) is 0 Å². The highest BCUT2D eigenvalue weighted by molar-refractivity contribution is 5.94. The Hall–Kier alpha value is -2.47. The Morgan fingerprint density at radius 2 is 2.16 bits per heavy atom. The van der Waals surface area contributed by atoms with Crippen LogP contribution >= 0.6 is 0 Å². The van der Waals surface area contributed by atoms with E-state index in [0.29, 0.717) is 17.9 Å². The molecule has 2 aromatic rings. The van der Waals surface area contributed by atoms with Gasteiger partial charge < -0.3 is 10.6 Å². The monoisotopic (exact) mass is 340 g/mol. The van der Waals surface area contributed by atoms with Crippen LogP contribution in [0.1, 0.15) is 34.6 Å². The van der Waals surface area contributed by atoms with Gasteiger partial charge in [-0.15, -0.1) is 0 Å². The molecule has 1 aromatic carbocycles. The van der Waals surface area contributed by atoms with E-state index in [1.165, 1.54) is 11.6 Å². The Kier molecular flexibility index (Phi) is 4.36. The lowest BCUT2D eigenvalue weighted by atomic mass is 10.1. The van der Waals surface area contributed by atoms with Gasteiger partial charge in [-0.05, 0) is 44.4 Å². The maximum atomic E-state index is 14.2. The first-order chi connectivity index (χ1) is 12.2. The number of fused-ring (bicyclic) bond motifs is 1. The number of carbonyl (C=O) groups is 1. The molecule has 1 aromatic heterocycles. The predicted octanol–water partition coefficient (Wildman–Crippen LogP) is 2.15. The summed E-state index contributed by atoms with van der Waals surface area (Å²) >= 11 is 0. The molecule has 0 unspecified atom stereocenters. The minimum atomic E-state index is -0.327. The lowest BCUT2D eigenvalue weighted by Crippen LogP contribution is -2.30. The molecule has 5 nitrogen and oxygen atoms in total. The number of nitrogens with one attached hydrogen (secondary N) is 2. The Balaban J connectivity index is 1.60. The smallest absolute Gasteiger partial charge is 0.272 e. The van der Waals surface area contributed by atoms with E-state index in [-0.39, 0.29) is 11.7 Å². The van der Waals surface area contributed by atoms with Crippen molar-refractivity contribution >= 4 is 5.91 Å². The van der Waals surface area contributed by atoms with Crippen molar-refractivity contribution in [3.63, 3.8) is 0 Å². The zero-order chi connectivity index (χ0) is 17.2. The first-order valence-electron chi connectivity index (χ1n) is 8.76. The Morgan fingerprint density at radius 3 is 2.96 bits per heavy atom. The van der Waals surface area contributed by atoms with Gasteiger partial charge in [0.05, 0.1) is 0 Å². The third-order valence-electron chi connectivity index (χ3n) is 4.86. The van der Waals surface area contributed by atoms with Crippen LogP contribution in [0.4, 0.5) is 4.39 Å². The van der Waals surface area contributed by atoms with Crippen LogP contribution in [0.25, 0.3) is 5.69 Å². The topological polar surface area (TPSA) is 59.0 Å². The van der Waals surface area contributed by atoms with Crippen molar-refractivity contribution in [3.8, 4) is 5.69 Å². The summed E-state index contributed by atoms with van der Waals surface area (Å²) in [7, 11) is 0. The third-order valence-corrected chi connectivity index (χ3v) is 4.86. The molecule has 130 valence electrons. The molecule has 2 heterocycles. The van der Waals surface area contributed by atoms with Crippen molar-refractivity contribution in [2.24, 2.45) is 0 Å². The molecule has 2 N–H and O–H groups in total. The Morgan fingerprint density at radius 1 is 1.28 bits per heavy atom. The summed E-state index contributed by atoms with van der Waals surface area (Å²) in [5, 5.41) is 10.7. The van der Waals surface area contributed by atoms with Crippen molar-refractivity contribution in [1.29, 1.82) is 0 Å². The minimum absolute atomic E-state index is 0.173. The molecule has 25 heavy (non-hydrogen) atoms. The molecule has 1 aliphatic carbocycles. The molecule has 0 saturated carbocycles. The summed E-state index contributed by atoms with van der Waals surface area (Å²) in [4.78, 5) is 12.7. The number of nitrogens with zero attached hydrogens (tertiary/aromatic N) is 2. The molecule has 2 aliphatic rings. The number of para-hydroxylation sites is 1. The van der Waals surface area contributed by atoms with Gasteiger partial charge in [-0.25, -0.2) is 9.07 Å². The zero-order valence-electron chi connectivity index (χ0n) is 14.0. The normalized spacial score (nSPS) is 16.4.